The SMILES string of the molecule is CN(C)CCC1(C)SCCc2c1n(C)c1ccccc21. The third-order valence-corrected chi connectivity index (χ3v) is 5.96. The Bertz CT molecular complexity index is 629. The minimum atomic E-state index is 0.242. The number of hydrogen-bond donors (Lipinski definition) is 0. The van der Waals surface area contributed by atoms with E-state index in [0.717, 1.165) is 6.54 Å². The quantitative estimate of drug-likeness (QED) is 0.852. The van der Waals surface area contributed by atoms with Crippen molar-refractivity contribution in [1.29, 1.82) is 0 Å². The van der Waals surface area contributed by atoms with E-state index in [1.165, 1.54) is 29.5 Å². The van der Waals surface area contributed by atoms with Crippen LogP contribution in [0.15, 0.2) is 24.3 Å². The van der Waals surface area contributed by atoms with E-state index in [2.05, 4.69) is 73.6 Å². The van der Waals surface area contributed by atoms with Crippen molar-refractivity contribution in [3.8, 4) is 0 Å². The summed E-state index contributed by atoms with van der Waals surface area (Å²) >= 11 is 2.13. The fraction of sp³-hybridized carbons (Fsp3) is 0.529. The van der Waals surface area contributed by atoms with Crippen molar-refractivity contribution >= 4 is 22.7 Å². The summed E-state index contributed by atoms with van der Waals surface area (Å²) in [6.45, 7) is 3.57. The Kier molecular flexibility index (Phi) is 3.59. The Hall–Kier alpha value is -0.930. The predicted molar refractivity (Wildman–Crippen MR) is 89.6 cm³/mol. The summed E-state index contributed by atoms with van der Waals surface area (Å²) in [5.41, 5.74) is 4.52. The summed E-state index contributed by atoms with van der Waals surface area (Å²) in [5.74, 6) is 1.24. The van der Waals surface area contributed by atoms with Gasteiger partial charge in [0.2, 0.25) is 0 Å². The summed E-state index contributed by atoms with van der Waals surface area (Å²) in [6, 6.07) is 8.86. The average Bonchev–Trinajstić information content (AvgIpc) is 2.73. The number of hydrogen-bond acceptors (Lipinski definition) is 2. The molecule has 1 aliphatic heterocycles. The maximum atomic E-state index is 2.44. The summed E-state index contributed by atoms with van der Waals surface area (Å²) in [7, 11) is 6.57. The van der Waals surface area contributed by atoms with Gasteiger partial charge in [0.05, 0.1) is 4.75 Å². The first-order valence-corrected chi connectivity index (χ1v) is 8.37. The highest BCUT2D eigenvalue weighted by Crippen LogP contribution is 2.47. The Labute approximate surface area is 126 Å². The highest BCUT2D eigenvalue weighted by atomic mass is 32.2. The molecule has 0 aliphatic carbocycles. The summed E-state index contributed by atoms with van der Waals surface area (Å²) in [5, 5.41) is 1.46. The Balaban J connectivity index is 2.12. The fourth-order valence-corrected chi connectivity index (χ4v) is 4.86. The van der Waals surface area contributed by atoms with Crippen molar-refractivity contribution in [3.63, 3.8) is 0 Å². The molecule has 3 heteroatoms. The van der Waals surface area contributed by atoms with Crippen molar-refractivity contribution in [3.05, 3.63) is 35.5 Å². The second-order valence-corrected chi connectivity index (χ2v) is 7.88. The Morgan fingerprint density at radius 1 is 1.30 bits per heavy atom. The van der Waals surface area contributed by atoms with Crippen LogP contribution in [0.1, 0.15) is 24.6 Å². The number of nitrogens with zero attached hydrogens (tertiary/aromatic N) is 2. The van der Waals surface area contributed by atoms with E-state index in [-0.39, 0.29) is 4.75 Å². The number of fused-ring (bicyclic) bond motifs is 3. The molecule has 1 atom stereocenters. The van der Waals surface area contributed by atoms with E-state index in [4.69, 9.17) is 0 Å². The van der Waals surface area contributed by atoms with Gasteiger partial charge in [-0.3, -0.25) is 0 Å². The van der Waals surface area contributed by atoms with E-state index in [1.807, 2.05) is 0 Å². The zero-order valence-electron chi connectivity index (χ0n) is 12.9. The largest absolute Gasteiger partial charge is 0.346 e. The lowest BCUT2D eigenvalue weighted by atomic mass is 9.95. The van der Waals surface area contributed by atoms with Crippen molar-refractivity contribution in [2.24, 2.45) is 7.05 Å². The third-order valence-electron chi connectivity index (χ3n) is 4.52. The Morgan fingerprint density at radius 2 is 2.05 bits per heavy atom. The van der Waals surface area contributed by atoms with Crippen LogP contribution in [-0.4, -0.2) is 35.9 Å². The molecule has 2 nitrogen and oxygen atoms in total. The second-order valence-electron chi connectivity index (χ2n) is 6.29. The number of para-hydroxylation sites is 1. The van der Waals surface area contributed by atoms with Crippen LogP contribution in [0.2, 0.25) is 0 Å². The number of aryl methyl sites for hydroxylation is 2. The van der Waals surface area contributed by atoms with Crippen LogP contribution in [0.3, 0.4) is 0 Å². The van der Waals surface area contributed by atoms with Crippen molar-refractivity contribution in [2.75, 3.05) is 26.4 Å². The molecule has 0 fully saturated rings. The van der Waals surface area contributed by atoms with Crippen LogP contribution >= 0.6 is 11.8 Å². The number of benzene rings is 1. The van der Waals surface area contributed by atoms with Gasteiger partial charge >= 0.3 is 0 Å². The van der Waals surface area contributed by atoms with E-state index in [0.29, 0.717) is 0 Å². The van der Waals surface area contributed by atoms with Gasteiger partial charge in [0.25, 0.3) is 0 Å². The molecule has 20 heavy (non-hydrogen) atoms. The number of rotatable bonds is 3. The summed E-state index contributed by atoms with van der Waals surface area (Å²) in [4.78, 5) is 2.29. The van der Waals surface area contributed by atoms with Gasteiger partial charge < -0.3 is 9.47 Å². The molecule has 0 spiro atoms. The lowest BCUT2D eigenvalue weighted by Crippen LogP contribution is -2.31. The van der Waals surface area contributed by atoms with Crippen LogP contribution in [0.4, 0.5) is 0 Å². The molecule has 2 aromatic rings. The molecule has 0 N–H and O–H groups in total. The maximum Gasteiger partial charge on any atom is 0.0547 e. The molecule has 1 aromatic heterocycles. The molecule has 0 amide bonds. The molecule has 1 aromatic carbocycles. The van der Waals surface area contributed by atoms with Gasteiger partial charge in [0, 0.05) is 23.6 Å². The van der Waals surface area contributed by atoms with Gasteiger partial charge in [0.15, 0.2) is 0 Å². The van der Waals surface area contributed by atoms with Crippen LogP contribution in [0, 0.1) is 0 Å². The summed E-state index contributed by atoms with van der Waals surface area (Å²) < 4.78 is 2.68. The van der Waals surface area contributed by atoms with Crippen molar-refractivity contribution in [2.45, 2.75) is 24.5 Å². The molecular formula is C17H24N2S. The van der Waals surface area contributed by atoms with E-state index in [1.54, 1.807) is 11.3 Å². The van der Waals surface area contributed by atoms with Crippen molar-refractivity contribution < 1.29 is 0 Å². The zero-order chi connectivity index (χ0) is 14.3. The van der Waals surface area contributed by atoms with E-state index in [9.17, 15) is 0 Å². The van der Waals surface area contributed by atoms with Crippen LogP contribution in [0.25, 0.3) is 10.9 Å². The van der Waals surface area contributed by atoms with Gasteiger partial charge in [-0.25, -0.2) is 0 Å². The van der Waals surface area contributed by atoms with Gasteiger partial charge in [0.1, 0.15) is 0 Å². The van der Waals surface area contributed by atoms with Gasteiger partial charge in [-0.1, -0.05) is 18.2 Å². The molecule has 0 bridgehead atoms. The average molecular weight is 288 g/mol. The molecule has 0 radical (unpaired) electrons. The van der Waals surface area contributed by atoms with Crippen LogP contribution in [-0.2, 0) is 18.2 Å². The third kappa shape index (κ3) is 2.17. The van der Waals surface area contributed by atoms with E-state index < -0.39 is 0 Å². The highest BCUT2D eigenvalue weighted by Gasteiger charge is 2.36. The molecule has 1 unspecified atom stereocenters. The number of aromatic nitrogens is 1. The zero-order valence-corrected chi connectivity index (χ0v) is 13.8. The first kappa shape index (κ1) is 14.0. The molecule has 108 valence electrons. The molecule has 0 saturated carbocycles. The van der Waals surface area contributed by atoms with E-state index >= 15 is 0 Å². The van der Waals surface area contributed by atoms with Crippen molar-refractivity contribution in [1.82, 2.24) is 9.47 Å². The lowest BCUT2D eigenvalue weighted by Gasteiger charge is -2.35. The molecule has 1 aliphatic rings. The van der Waals surface area contributed by atoms with Crippen LogP contribution in [0.5, 0.6) is 0 Å². The molecule has 2 heterocycles. The fourth-order valence-electron chi connectivity index (χ4n) is 3.47. The normalized spacial score (nSPS) is 22.4. The predicted octanol–water partition coefficient (Wildman–Crippen LogP) is 3.63. The number of thioether (sulfide) groups is 1. The second kappa shape index (κ2) is 5.12. The first-order valence-electron chi connectivity index (χ1n) is 7.38. The monoisotopic (exact) mass is 288 g/mol. The summed E-state index contributed by atoms with van der Waals surface area (Å²) in [6.07, 6.45) is 2.42. The minimum Gasteiger partial charge on any atom is -0.346 e. The highest BCUT2D eigenvalue weighted by molar-refractivity contribution is 8.00. The standard InChI is InChI=1S/C17H24N2S/c1-17(10-11-18(2)3)16-14(9-12-20-17)13-7-5-6-8-15(13)19(16)4/h5-8H,9-12H2,1-4H3. The smallest absolute Gasteiger partial charge is 0.0547 e. The maximum absolute atomic E-state index is 2.44. The molecule has 3 rings (SSSR count). The topological polar surface area (TPSA) is 8.17 Å². The Morgan fingerprint density at radius 3 is 2.80 bits per heavy atom. The van der Waals surface area contributed by atoms with Gasteiger partial charge in [-0.05, 0) is 57.8 Å². The first-order chi connectivity index (χ1) is 9.53. The lowest BCUT2D eigenvalue weighted by molar-refractivity contribution is 0.371. The molecule has 0 saturated heterocycles. The van der Waals surface area contributed by atoms with Crippen LogP contribution < -0.4 is 0 Å². The molecular weight excluding hydrogens is 264 g/mol. The minimum absolute atomic E-state index is 0.242. The van der Waals surface area contributed by atoms with Gasteiger partial charge in [-0.2, -0.15) is 0 Å². The van der Waals surface area contributed by atoms with Gasteiger partial charge in [-0.15, -0.1) is 11.8 Å².